The van der Waals surface area contributed by atoms with Crippen LogP contribution in [0.2, 0.25) is 0 Å². The van der Waals surface area contributed by atoms with Gasteiger partial charge in [-0.1, -0.05) is 31.7 Å². The number of aryl methyl sites for hydroxylation is 1. The van der Waals surface area contributed by atoms with Crippen LogP contribution in [0.1, 0.15) is 48.9 Å². The van der Waals surface area contributed by atoms with Gasteiger partial charge in [-0.05, 0) is 25.0 Å². The number of carbonyl (C=O) groups is 1. The first kappa shape index (κ1) is 21.5. The second-order valence-corrected chi connectivity index (χ2v) is 7.91. The van der Waals surface area contributed by atoms with Crippen LogP contribution in [0, 0.1) is 0 Å². The number of phenols is 1. The Morgan fingerprint density at radius 2 is 1.80 bits per heavy atom. The number of aromatic amines is 1. The van der Waals surface area contributed by atoms with Gasteiger partial charge in [0.05, 0.1) is 11.3 Å². The van der Waals surface area contributed by atoms with Crippen molar-refractivity contribution in [2.24, 2.45) is 7.05 Å². The highest BCUT2D eigenvalue weighted by Crippen LogP contribution is 2.32. The number of nitrogens with zero attached hydrogens (tertiary/aromatic N) is 2. The van der Waals surface area contributed by atoms with Gasteiger partial charge in [-0.15, -0.1) is 0 Å². The van der Waals surface area contributed by atoms with E-state index in [1.54, 1.807) is 26.2 Å². The maximum Gasteiger partial charge on any atom is 0.290 e. The van der Waals surface area contributed by atoms with Gasteiger partial charge in [0.1, 0.15) is 11.4 Å². The summed E-state index contributed by atoms with van der Waals surface area (Å²) in [6.07, 6.45) is 6.31. The third-order valence-corrected chi connectivity index (χ3v) is 5.40. The van der Waals surface area contributed by atoms with Crippen molar-refractivity contribution >= 4 is 23.0 Å². The van der Waals surface area contributed by atoms with Crippen molar-refractivity contribution in [3.8, 4) is 5.75 Å². The quantitative estimate of drug-likeness (QED) is 0.440. The second kappa shape index (κ2) is 9.06. The maximum absolute atomic E-state index is 12.8. The zero-order valence-electron chi connectivity index (χ0n) is 17.6. The van der Waals surface area contributed by atoms with Gasteiger partial charge in [0.2, 0.25) is 0 Å². The monoisotopic (exact) mass is 415 g/mol. The van der Waals surface area contributed by atoms with E-state index in [1.807, 2.05) is 0 Å². The van der Waals surface area contributed by atoms with Crippen LogP contribution in [0.15, 0.2) is 27.8 Å². The summed E-state index contributed by atoms with van der Waals surface area (Å²) in [5, 5.41) is 19.3. The summed E-state index contributed by atoms with van der Waals surface area (Å²) in [6, 6.07) is 4.76. The maximum atomic E-state index is 12.8. The first-order chi connectivity index (χ1) is 14.3. The van der Waals surface area contributed by atoms with Gasteiger partial charge in [-0.25, -0.2) is 0 Å². The van der Waals surface area contributed by atoms with Crippen LogP contribution in [0.3, 0.4) is 0 Å². The fraction of sp³-hybridized carbons (Fsp3) is 0.476. The van der Waals surface area contributed by atoms with Crippen LogP contribution < -0.4 is 21.8 Å². The first-order valence-electron chi connectivity index (χ1n) is 10.2. The fourth-order valence-electron chi connectivity index (χ4n) is 3.72. The van der Waals surface area contributed by atoms with E-state index in [9.17, 15) is 19.5 Å². The van der Waals surface area contributed by atoms with Gasteiger partial charge in [-0.3, -0.25) is 24.2 Å². The molecule has 3 rings (SSSR count). The fourth-order valence-corrected chi connectivity index (χ4v) is 3.72. The Bertz CT molecular complexity index is 1030. The molecular weight excluding hydrogens is 386 g/mol. The number of rotatable bonds is 5. The highest BCUT2D eigenvalue weighted by Gasteiger charge is 2.21. The van der Waals surface area contributed by atoms with Crippen LogP contribution in [-0.2, 0) is 7.05 Å². The lowest BCUT2D eigenvalue weighted by Gasteiger charge is -2.20. The van der Waals surface area contributed by atoms with E-state index < -0.39 is 11.1 Å². The third-order valence-electron chi connectivity index (χ3n) is 5.40. The normalized spacial score (nSPS) is 14.8. The number of anilines is 3. The number of aromatic nitrogens is 2. The lowest BCUT2D eigenvalue weighted by Crippen LogP contribution is -2.34. The smallest absolute Gasteiger partial charge is 0.290 e. The molecule has 0 unspecified atom stereocenters. The van der Waals surface area contributed by atoms with Crippen molar-refractivity contribution in [1.82, 2.24) is 14.7 Å². The standard InChI is InChI=1S/C21H29N5O4/c1-25(2)20(29)14-11-8-12-15(18(14)27)23-17-16(19(28)24-26(3)21(17)30)22-13-9-6-4-5-7-10-13/h8,11-13,22-23,27H,4-7,9-10H2,1-3H3,(H,24,28). The lowest BCUT2D eigenvalue weighted by atomic mass is 10.1. The molecule has 2 aromatic rings. The molecular formula is C21H29N5O4. The van der Waals surface area contributed by atoms with Gasteiger partial charge >= 0.3 is 0 Å². The van der Waals surface area contributed by atoms with Crippen molar-refractivity contribution in [2.45, 2.75) is 44.6 Å². The molecule has 4 N–H and O–H groups in total. The van der Waals surface area contributed by atoms with Crippen molar-refractivity contribution < 1.29 is 9.90 Å². The van der Waals surface area contributed by atoms with Gasteiger partial charge in [0, 0.05) is 27.2 Å². The average Bonchev–Trinajstić information content (AvgIpc) is 2.98. The molecule has 0 saturated heterocycles. The van der Waals surface area contributed by atoms with E-state index in [-0.39, 0.29) is 40.3 Å². The molecule has 9 nitrogen and oxygen atoms in total. The van der Waals surface area contributed by atoms with Gasteiger partial charge in [-0.2, -0.15) is 0 Å². The number of nitrogens with one attached hydrogen (secondary N) is 3. The van der Waals surface area contributed by atoms with E-state index >= 15 is 0 Å². The topological polar surface area (TPSA) is 119 Å². The molecule has 1 fully saturated rings. The number of benzene rings is 1. The van der Waals surface area contributed by atoms with Crippen molar-refractivity contribution in [3.63, 3.8) is 0 Å². The van der Waals surface area contributed by atoms with Crippen LogP contribution in [0.4, 0.5) is 17.1 Å². The number of phenolic OH excluding ortho intramolecular Hbond substituents is 1. The zero-order chi connectivity index (χ0) is 21.8. The zero-order valence-corrected chi connectivity index (χ0v) is 17.6. The Morgan fingerprint density at radius 1 is 1.13 bits per heavy atom. The number of H-pyrrole nitrogens is 1. The number of amides is 1. The second-order valence-electron chi connectivity index (χ2n) is 7.91. The van der Waals surface area contributed by atoms with Crippen LogP contribution >= 0.6 is 0 Å². The molecule has 0 spiro atoms. The van der Waals surface area contributed by atoms with Crippen LogP contribution in [-0.4, -0.2) is 45.8 Å². The molecule has 0 aliphatic heterocycles. The largest absolute Gasteiger partial charge is 0.505 e. The minimum Gasteiger partial charge on any atom is -0.505 e. The summed E-state index contributed by atoms with van der Waals surface area (Å²) in [5.74, 6) is -0.647. The molecule has 1 aromatic carbocycles. The molecule has 162 valence electrons. The number of para-hydroxylation sites is 1. The van der Waals surface area contributed by atoms with Crippen molar-refractivity contribution in [2.75, 3.05) is 24.7 Å². The Balaban J connectivity index is 2.02. The van der Waals surface area contributed by atoms with Gasteiger partial charge in [0.25, 0.3) is 17.0 Å². The minimum absolute atomic E-state index is 0.0373. The molecule has 0 bridgehead atoms. The summed E-state index contributed by atoms with van der Waals surface area (Å²) < 4.78 is 1.09. The molecule has 1 amide bonds. The van der Waals surface area contributed by atoms with Crippen molar-refractivity contribution in [1.29, 1.82) is 0 Å². The molecule has 1 heterocycles. The predicted molar refractivity (Wildman–Crippen MR) is 117 cm³/mol. The number of hydrogen-bond acceptors (Lipinski definition) is 6. The SMILES string of the molecule is CN(C)C(=O)c1cccc(Nc2c(NC3CCCCCC3)c(=O)[nH]n(C)c2=O)c1O. The van der Waals surface area contributed by atoms with E-state index in [4.69, 9.17) is 0 Å². The molecule has 1 saturated carbocycles. The van der Waals surface area contributed by atoms with Crippen LogP contribution in [0.25, 0.3) is 0 Å². The van der Waals surface area contributed by atoms with E-state index in [2.05, 4.69) is 15.7 Å². The Morgan fingerprint density at radius 3 is 2.43 bits per heavy atom. The molecule has 1 aromatic heterocycles. The van der Waals surface area contributed by atoms with E-state index in [1.165, 1.54) is 18.0 Å². The molecule has 9 heteroatoms. The predicted octanol–water partition coefficient (Wildman–Crippen LogP) is 2.36. The van der Waals surface area contributed by atoms with Gasteiger partial charge in [0.15, 0.2) is 5.75 Å². The van der Waals surface area contributed by atoms with Crippen molar-refractivity contribution in [3.05, 3.63) is 44.5 Å². The Hall–Kier alpha value is -3.23. The Labute approximate surface area is 174 Å². The van der Waals surface area contributed by atoms with E-state index in [0.717, 1.165) is 43.2 Å². The van der Waals surface area contributed by atoms with E-state index in [0.29, 0.717) is 0 Å². The first-order valence-corrected chi connectivity index (χ1v) is 10.2. The summed E-state index contributed by atoms with van der Waals surface area (Å²) >= 11 is 0. The lowest BCUT2D eigenvalue weighted by molar-refractivity contribution is 0.0824. The highest BCUT2D eigenvalue weighted by atomic mass is 16.3. The number of carbonyl (C=O) groups excluding carboxylic acids is 1. The number of hydrogen-bond donors (Lipinski definition) is 4. The number of aromatic hydroxyl groups is 1. The molecule has 0 atom stereocenters. The average molecular weight is 415 g/mol. The molecule has 30 heavy (non-hydrogen) atoms. The van der Waals surface area contributed by atoms with Crippen LogP contribution in [0.5, 0.6) is 5.75 Å². The third kappa shape index (κ3) is 4.50. The Kier molecular flexibility index (Phi) is 6.49. The molecule has 1 aliphatic rings. The minimum atomic E-state index is -0.450. The summed E-state index contributed by atoms with van der Waals surface area (Å²) in [4.78, 5) is 39.2. The molecule has 0 radical (unpaired) electrons. The van der Waals surface area contributed by atoms with Gasteiger partial charge < -0.3 is 20.6 Å². The summed E-state index contributed by atoms with van der Waals surface area (Å²) in [6.45, 7) is 0. The summed E-state index contributed by atoms with van der Waals surface area (Å²) in [5.41, 5.74) is -0.415. The highest BCUT2D eigenvalue weighted by molar-refractivity contribution is 5.98. The molecule has 1 aliphatic carbocycles. The summed E-state index contributed by atoms with van der Waals surface area (Å²) in [7, 11) is 4.63.